The summed E-state index contributed by atoms with van der Waals surface area (Å²) in [5.41, 5.74) is 5.00. The van der Waals surface area contributed by atoms with Gasteiger partial charge in [0.15, 0.2) is 0 Å². The second-order valence-electron chi connectivity index (χ2n) is 6.27. The molecule has 1 unspecified atom stereocenters. The fourth-order valence-corrected chi connectivity index (χ4v) is 3.12. The molecule has 0 aliphatic carbocycles. The number of aromatic amines is 1. The highest BCUT2D eigenvalue weighted by Crippen LogP contribution is 2.35. The lowest BCUT2D eigenvalue weighted by Crippen LogP contribution is -1.96. The van der Waals surface area contributed by atoms with Gasteiger partial charge in [-0.1, -0.05) is 25.1 Å². The van der Waals surface area contributed by atoms with E-state index in [4.69, 9.17) is 0 Å². The van der Waals surface area contributed by atoms with Gasteiger partial charge in [0.2, 0.25) is 0 Å². The van der Waals surface area contributed by atoms with Crippen molar-refractivity contribution in [1.29, 1.82) is 0 Å². The van der Waals surface area contributed by atoms with E-state index in [1.807, 2.05) is 37.4 Å². The molecule has 5 nitrogen and oxygen atoms in total. The molecule has 130 valence electrons. The number of aromatic hydroxyl groups is 1. The van der Waals surface area contributed by atoms with Crippen molar-refractivity contribution < 1.29 is 10.2 Å². The molecule has 3 aromatic heterocycles. The van der Waals surface area contributed by atoms with Crippen LogP contribution in [-0.4, -0.2) is 25.2 Å². The van der Waals surface area contributed by atoms with Gasteiger partial charge < -0.3 is 15.2 Å². The summed E-state index contributed by atoms with van der Waals surface area (Å²) in [6.07, 6.45) is 7.20. The second-order valence-corrected chi connectivity index (χ2v) is 6.27. The van der Waals surface area contributed by atoms with Crippen molar-refractivity contribution in [3.8, 4) is 28.0 Å². The van der Waals surface area contributed by atoms with E-state index in [0.29, 0.717) is 6.42 Å². The van der Waals surface area contributed by atoms with Gasteiger partial charge in [-0.25, -0.2) is 4.98 Å². The minimum atomic E-state index is -0.525. The highest BCUT2D eigenvalue weighted by Gasteiger charge is 2.13. The van der Waals surface area contributed by atoms with Gasteiger partial charge in [0, 0.05) is 52.4 Å². The standard InChI is InChI=1S/C21H19N3O2/c1-2-19(25)15-7-13(9-22-10-15)14-8-17-18(12-24-21(17)23-11-14)16-5-3-4-6-20(16)26/h3-12,19,25-26H,2H2,1H3,(H,23,24). The summed E-state index contributed by atoms with van der Waals surface area (Å²) in [6.45, 7) is 1.93. The molecule has 3 N–H and O–H groups in total. The van der Waals surface area contributed by atoms with E-state index in [0.717, 1.165) is 38.9 Å². The number of aliphatic hydroxyl groups is 1. The maximum atomic E-state index is 10.2. The van der Waals surface area contributed by atoms with Crippen molar-refractivity contribution >= 4 is 11.0 Å². The molecular formula is C21H19N3O2. The van der Waals surface area contributed by atoms with Crippen molar-refractivity contribution in [3.63, 3.8) is 0 Å². The summed E-state index contributed by atoms with van der Waals surface area (Å²) in [7, 11) is 0. The molecule has 1 aromatic carbocycles. The Labute approximate surface area is 151 Å². The number of fused-ring (bicyclic) bond motifs is 1. The average molecular weight is 345 g/mol. The lowest BCUT2D eigenvalue weighted by molar-refractivity contribution is 0.173. The molecule has 3 heterocycles. The Morgan fingerprint density at radius 1 is 1.04 bits per heavy atom. The van der Waals surface area contributed by atoms with Crippen LogP contribution in [0.25, 0.3) is 33.3 Å². The maximum Gasteiger partial charge on any atom is 0.137 e. The van der Waals surface area contributed by atoms with Crippen molar-refractivity contribution in [1.82, 2.24) is 15.0 Å². The topological polar surface area (TPSA) is 82.0 Å². The molecule has 26 heavy (non-hydrogen) atoms. The van der Waals surface area contributed by atoms with Crippen molar-refractivity contribution in [3.05, 3.63) is 66.7 Å². The van der Waals surface area contributed by atoms with E-state index >= 15 is 0 Å². The molecule has 4 aromatic rings. The Kier molecular flexibility index (Phi) is 4.14. The zero-order valence-electron chi connectivity index (χ0n) is 14.3. The number of hydrogen-bond donors (Lipinski definition) is 3. The van der Waals surface area contributed by atoms with Gasteiger partial charge >= 0.3 is 0 Å². The van der Waals surface area contributed by atoms with Crippen LogP contribution >= 0.6 is 0 Å². The predicted molar refractivity (Wildman–Crippen MR) is 102 cm³/mol. The molecule has 5 heteroatoms. The number of rotatable bonds is 4. The number of nitrogens with zero attached hydrogens (tertiary/aromatic N) is 2. The van der Waals surface area contributed by atoms with E-state index < -0.39 is 6.10 Å². The van der Waals surface area contributed by atoms with Crippen LogP contribution < -0.4 is 0 Å². The molecular weight excluding hydrogens is 326 g/mol. The van der Waals surface area contributed by atoms with Gasteiger partial charge in [-0.3, -0.25) is 4.98 Å². The summed E-state index contributed by atoms with van der Waals surface area (Å²) in [5.74, 6) is 0.230. The van der Waals surface area contributed by atoms with Crippen LogP contribution in [0, 0.1) is 0 Å². The minimum Gasteiger partial charge on any atom is -0.507 e. The normalized spacial score (nSPS) is 12.4. The molecule has 0 amide bonds. The number of H-pyrrole nitrogens is 1. The first kappa shape index (κ1) is 16.3. The lowest BCUT2D eigenvalue weighted by Gasteiger charge is -2.10. The van der Waals surface area contributed by atoms with Gasteiger partial charge in [0.1, 0.15) is 11.4 Å². The summed E-state index contributed by atoms with van der Waals surface area (Å²) >= 11 is 0. The van der Waals surface area contributed by atoms with E-state index in [9.17, 15) is 10.2 Å². The van der Waals surface area contributed by atoms with Crippen LogP contribution in [0.15, 0.2) is 61.2 Å². The SMILES string of the molecule is CCC(O)c1cncc(-c2cnc3[nH]cc(-c4ccccc4O)c3c2)c1. The predicted octanol–water partition coefficient (Wildman–Crippen LogP) is 4.44. The van der Waals surface area contributed by atoms with Crippen molar-refractivity contribution in [2.45, 2.75) is 19.4 Å². The lowest BCUT2D eigenvalue weighted by atomic mass is 10.0. The number of para-hydroxylation sites is 1. The highest BCUT2D eigenvalue weighted by atomic mass is 16.3. The third-order valence-corrected chi connectivity index (χ3v) is 4.59. The molecule has 0 bridgehead atoms. The first-order valence-corrected chi connectivity index (χ1v) is 8.56. The summed E-state index contributed by atoms with van der Waals surface area (Å²) in [5, 5.41) is 21.2. The van der Waals surface area contributed by atoms with Crippen LogP contribution in [0.4, 0.5) is 0 Å². The smallest absolute Gasteiger partial charge is 0.137 e. The molecule has 0 fully saturated rings. The fourth-order valence-electron chi connectivity index (χ4n) is 3.12. The monoisotopic (exact) mass is 345 g/mol. The van der Waals surface area contributed by atoms with Crippen LogP contribution in [0.1, 0.15) is 25.0 Å². The first-order chi connectivity index (χ1) is 12.7. The summed E-state index contributed by atoms with van der Waals surface area (Å²) in [6, 6.07) is 11.2. The van der Waals surface area contributed by atoms with Crippen LogP contribution in [0.2, 0.25) is 0 Å². The van der Waals surface area contributed by atoms with E-state index in [2.05, 4.69) is 15.0 Å². The Balaban J connectivity index is 1.84. The average Bonchev–Trinajstić information content (AvgIpc) is 3.11. The van der Waals surface area contributed by atoms with Gasteiger partial charge in [-0.2, -0.15) is 0 Å². The Morgan fingerprint density at radius 2 is 1.85 bits per heavy atom. The van der Waals surface area contributed by atoms with Crippen molar-refractivity contribution in [2.24, 2.45) is 0 Å². The third-order valence-electron chi connectivity index (χ3n) is 4.59. The van der Waals surface area contributed by atoms with E-state index in [-0.39, 0.29) is 5.75 Å². The number of benzene rings is 1. The fraction of sp³-hybridized carbons (Fsp3) is 0.143. The van der Waals surface area contributed by atoms with Crippen LogP contribution in [0.5, 0.6) is 5.75 Å². The number of phenols is 1. The maximum absolute atomic E-state index is 10.2. The first-order valence-electron chi connectivity index (χ1n) is 8.56. The largest absolute Gasteiger partial charge is 0.507 e. The minimum absolute atomic E-state index is 0.230. The summed E-state index contributed by atoms with van der Waals surface area (Å²) < 4.78 is 0. The van der Waals surface area contributed by atoms with Crippen LogP contribution in [0.3, 0.4) is 0 Å². The quantitative estimate of drug-likeness (QED) is 0.511. The van der Waals surface area contributed by atoms with Gasteiger partial charge in [-0.05, 0) is 30.2 Å². The van der Waals surface area contributed by atoms with Gasteiger partial charge in [0.25, 0.3) is 0 Å². The molecule has 0 radical (unpaired) electrons. The molecule has 0 aliphatic rings. The van der Waals surface area contributed by atoms with Crippen molar-refractivity contribution in [2.75, 3.05) is 0 Å². The van der Waals surface area contributed by atoms with Crippen LogP contribution in [-0.2, 0) is 0 Å². The molecule has 4 rings (SSSR count). The Bertz CT molecular complexity index is 1070. The van der Waals surface area contributed by atoms with E-state index in [1.54, 1.807) is 30.7 Å². The van der Waals surface area contributed by atoms with E-state index in [1.165, 1.54) is 0 Å². The molecule has 1 atom stereocenters. The summed E-state index contributed by atoms with van der Waals surface area (Å²) in [4.78, 5) is 11.9. The number of phenolic OH excluding ortho intramolecular Hbond substituents is 1. The Hall–Kier alpha value is -3.18. The number of hydrogen-bond acceptors (Lipinski definition) is 4. The zero-order valence-corrected chi connectivity index (χ0v) is 14.3. The van der Waals surface area contributed by atoms with Gasteiger partial charge in [-0.15, -0.1) is 0 Å². The zero-order chi connectivity index (χ0) is 18.1. The molecule has 0 spiro atoms. The molecule has 0 aliphatic heterocycles. The number of nitrogens with one attached hydrogen (secondary N) is 1. The van der Waals surface area contributed by atoms with Gasteiger partial charge in [0.05, 0.1) is 6.10 Å². The third kappa shape index (κ3) is 2.82. The Morgan fingerprint density at radius 3 is 2.65 bits per heavy atom. The number of aliphatic hydroxyl groups excluding tert-OH is 1. The number of pyridine rings is 2. The number of aromatic nitrogens is 3. The highest BCUT2D eigenvalue weighted by molar-refractivity contribution is 5.97. The molecule has 0 saturated heterocycles. The second kappa shape index (κ2) is 6.61. The molecule has 0 saturated carbocycles.